The van der Waals surface area contributed by atoms with E-state index in [4.69, 9.17) is 0 Å². The Balaban J connectivity index is 1.51. The first-order chi connectivity index (χ1) is 14.3. The summed E-state index contributed by atoms with van der Waals surface area (Å²) in [6.07, 6.45) is 7.42. The van der Waals surface area contributed by atoms with Crippen LogP contribution in [0, 0.1) is 5.92 Å². The van der Waals surface area contributed by atoms with Crippen LogP contribution in [0.4, 0.5) is 11.4 Å². The zero-order chi connectivity index (χ0) is 21.3. The molecule has 0 atom stereocenters. The molecule has 0 radical (unpaired) electrons. The van der Waals surface area contributed by atoms with Gasteiger partial charge < -0.3 is 4.90 Å². The van der Waals surface area contributed by atoms with Gasteiger partial charge in [-0.05, 0) is 60.4 Å². The Labute approximate surface area is 183 Å². The van der Waals surface area contributed by atoms with Crippen LogP contribution in [0.25, 0.3) is 0 Å². The molecule has 0 N–H and O–H groups in total. The van der Waals surface area contributed by atoms with Gasteiger partial charge in [-0.1, -0.05) is 31.4 Å². The van der Waals surface area contributed by atoms with E-state index in [0.29, 0.717) is 17.8 Å². The molecular weight excluding hydrogens is 416 g/mol. The van der Waals surface area contributed by atoms with Crippen LogP contribution in [-0.4, -0.2) is 39.9 Å². The van der Waals surface area contributed by atoms with Crippen molar-refractivity contribution in [3.8, 4) is 0 Å². The topological polar surface area (TPSA) is 57.7 Å². The number of sulfonamides is 1. The first-order valence-electron chi connectivity index (χ1n) is 10.4. The Morgan fingerprint density at radius 3 is 2.67 bits per heavy atom. The average Bonchev–Trinajstić information content (AvgIpc) is 3.11. The zero-order valence-corrected chi connectivity index (χ0v) is 19.1. The Hall–Kier alpha value is -1.99. The lowest BCUT2D eigenvalue weighted by atomic mass is 9.84. The van der Waals surface area contributed by atoms with E-state index in [2.05, 4.69) is 12.1 Å². The molecule has 1 saturated carbocycles. The molecule has 0 spiro atoms. The highest BCUT2D eigenvalue weighted by molar-refractivity contribution is 7.99. The van der Waals surface area contributed by atoms with Gasteiger partial charge in [0.1, 0.15) is 0 Å². The third-order valence-corrected chi connectivity index (χ3v) is 8.40. The van der Waals surface area contributed by atoms with E-state index in [1.807, 2.05) is 17.8 Å². The minimum atomic E-state index is -3.45. The molecule has 0 saturated heterocycles. The van der Waals surface area contributed by atoms with E-state index in [9.17, 15) is 13.2 Å². The Kier molecular flexibility index (Phi) is 6.11. The Morgan fingerprint density at radius 2 is 1.97 bits per heavy atom. The summed E-state index contributed by atoms with van der Waals surface area (Å²) in [7, 11) is -1.98. The number of nitrogens with zero attached hydrogens (tertiary/aromatic N) is 2. The fourth-order valence-corrected chi connectivity index (χ4v) is 5.65. The number of hydrogen-bond acceptors (Lipinski definition) is 4. The van der Waals surface area contributed by atoms with E-state index in [0.717, 1.165) is 30.0 Å². The quantitative estimate of drug-likeness (QED) is 0.587. The molecule has 2 aromatic rings. The molecule has 30 heavy (non-hydrogen) atoms. The molecule has 1 amide bonds. The molecule has 1 aliphatic carbocycles. The van der Waals surface area contributed by atoms with E-state index < -0.39 is 10.0 Å². The number of para-hydroxylation sites is 1. The standard InChI is InChI=1S/C23H28N2O3S2/c1-24(30(2,27)28)22-9-4-3-8-20(22)23(26)25-14-12-18-16-19(10-11-21(18)25)29-15-13-17-6-5-7-17/h3-4,8-11,16-17H,5-7,12-15H2,1-2H3. The summed E-state index contributed by atoms with van der Waals surface area (Å²) in [6, 6.07) is 13.2. The minimum Gasteiger partial charge on any atom is -0.308 e. The fraction of sp³-hybridized carbons (Fsp3) is 0.435. The van der Waals surface area contributed by atoms with Crippen molar-refractivity contribution in [1.82, 2.24) is 0 Å². The highest BCUT2D eigenvalue weighted by Gasteiger charge is 2.29. The zero-order valence-electron chi connectivity index (χ0n) is 17.5. The summed E-state index contributed by atoms with van der Waals surface area (Å²) in [6.45, 7) is 0.612. The monoisotopic (exact) mass is 444 g/mol. The lowest BCUT2D eigenvalue weighted by Crippen LogP contribution is -2.32. The lowest BCUT2D eigenvalue weighted by Gasteiger charge is -2.25. The second kappa shape index (κ2) is 8.63. The third-order valence-electron chi connectivity index (χ3n) is 6.18. The second-order valence-corrected chi connectivity index (χ2v) is 11.4. The van der Waals surface area contributed by atoms with E-state index in [-0.39, 0.29) is 5.91 Å². The van der Waals surface area contributed by atoms with Crippen LogP contribution in [0.1, 0.15) is 41.6 Å². The first kappa shape index (κ1) is 21.2. The van der Waals surface area contributed by atoms with Gasteiger partial charge in [0, 0.05) is 24.2 Å². The molecule has 1 fully saturated rings. The molecule has 5 nitrogen and oxygen atoms in total. The normalized spacial score (nSPS) is 16.3. The second-order valence-electron chi connectivity index (χ2n) is 8.18. The van der Waals surface area contributed by atoms with Gasteiger partial charge >= 0.3 is 0 Å². The molecule has 4 rings (SSSR count). The van der Waals surface area contributed by atoms with E-state index in [1.54, 1.807) is 29.2 Å². The SMILES string of the molecule is CN(c1ccccc1C(=O)N1CCc2cc(SCCC3CCC3)ccc21)S(C)(=O)=O. The minimum absolute atomic E-state index is 0.162. The Bertz CT molecular complexity index is 1050. The van der Waals surface area contributed by atoms with Gasteiger partial charge in [0.2, 0.25) is 10.0 Å². The molecule has 7 heteroatoms. The predicted octanol–water partition coefficient (Wildman–Crippen LogP) is 4.57. The van der Waals surface area contributed by atoms with Gasteiger partial charge in [-0.15, -0.1) is 11.8 Å². The molecule has 160 valence electrons. The molecule has 2 aromatic carbocycles. The number of hydrogen-bond donors (Lipinski definition) is 0. The maximum absolute atomic E-state index is 13.3. The number of benzene rings is 2. The van der Waals surface area contributed by atoms with Crippen molar-refractivity contribution >= 4 is 39.1 Å². The maximum Gasteiger partial charge on any atom is 0.260 e. The van der Waals surface area contributed by atoms with Gasteiger partial charge in [0.15, 0.2) is 0 Å². The number of carbonyl (C=O) groups is 1. The number of anilines is 2. The molecule has 1 heterocycles. The van der Waals surface area contributed by atoms with Crippen molar-refractivity contribution in [1.29, 1.82) is 0 Å². The van der Waals surface area contributed by atoms with Gasteiger partial charge in [-0.25, -0.2) is 8.42 Å². The van der Waals surface area contributed by atoms with Gasteiger partial charge in [-0.2, -0.15) is 0 Å². The molecule has 2 aliphatic rings. The first-order valence-corrected chi connectivity index (χ1v) is 13.3. The number of amides is 1. The van der Waals surface area contributed by atoms with Crippen LogP contribution in [-0.2, 0) is 16.4 Å². The molecule has 0 unspecified atom stereocenters. The number of rotatable bonds is 7. The van der Waals surface area contributed by atoms with E-state index in [1.165, 1.54) is 47.5 Å². The van der Waals surface area contributed by atoms with Crippen molar-refractivity contribution in [3.63, 3.8) is 0 Å². The molecule has 0 bridgehead atoms. The van der Waals surface area contributed by atoms with Crippen LogP contribution in [0.2, 0.25) is 0 Å². The van der Waals surface area contributed by atoms with Crippen molar-refractivity contribution in [3.05, 3.63) is 53.6 Å². The lowest BCUT2D eigenvalue weighted by molar-refractivity contribution is 0.0990. The summed E-state index contributed by atoms with van der Waals surface area (Å²) in [5.41, 5.74) is 2.92. The Morgan fingerprint density at radius 1 is 1.20 bits per heavy atom. The predicted molar refractivity (Wildman–Crippen MR) is 124 cm³/mol. The summed E-state index contributed by atoms with van der Waals surface area (Å²) in [5.74, 6) is 1.91. The summed E-state index contributed by atoms with van der Waals surface area (Å²) in [4.78, 5) is 16.4. The van der Waals surface area contributed by atoms with Gasteiger partial charge in [-0.3, -0.25) is 9.10 Å². The van der Waals surface area contributed by atoms with Crippen molar-refractivity contribution < 1.29 is 13.2 Å². The van der Waals surface area contributed by atoms with E-state index >= 15 is 0 Å². The van der Waals surface area contributed by atoms with Crippen LogP contribution in [0.5, 0.6) is 0 Å². The van der Waals surface area contributed by atoms with Crippen LogP contribution < -0.4 is 9.21 Å². The maximum atomic E-state index is 13.3. The fourth-order valence-electron chi connectivity index (χ4n) is 4.06. The van der Waals surface area contributed by atoms with Crippen LogP contribution in [0.15, 0.2) is 47.4 Å². The van der Waals surface area contributed by atoms with Gasteiger partial charge in [0.25, 0.3) is 5.91 Å². The number of carbonyl (C=O) groups excluding carboxylic acids is 1. The third kappa shape index (κ3) is 4.37. The van der Waals surface area contributed by atoms with Crippen molar-refractivity contribution in [2.24, 2.45) is 5.92 Å². The summed E-state index contributed by atoms with van der Waals surface area (Å²) in [5, 5.41) is 0. The molecular formula is C23H28N2O3S2. The smallest absolute Gasteiger partial charge is 0.260 e. The van der Waals surface area contributed by atoms with Crippen molar-refractivity contribution in [2.45, 2.75) is 37.0 Å². The average molecular weight is 445 g/mol. The van der Waals surface area contributed by atoms with Crippen molar-refractivity contribution in [2.75, 3.05) is 34.8 Å². The number of thioether (sulfide) groups is 1. The van der Waals surface area contributed by atoms with Crippen LogP contribution in [0.3, 0.4) is 0 Å². The highest BCUT2D eigenvalue weighted by Crippen LogP contribution is 2.36. The molecule has 1 aliphatic heterocycles. The van der Waals surface area contributed by atoms with Crippen LogP contribution >= 0.6 is 11.8 Å². The summed E-state index contributed by atoms with van der Waals surface area (Å²) >= 11 is 1.90. The largest absolute Gasteiger partial charge is 0.308 e. The highest BCUT2D eigenvalue weighted by atomic mass is 32.2. The molecule has 0 aromatic heterocycles. The summed E-state index contributed by atoms with van der Waals surface area (Å²) < 4.78 is 25.2. The van der Waals surface area contributed by atoms with Gasteiger partial charge in [0.05, 0.1) is 17.5 Å². The number of fused-ring (bicyclic) bond motifs is 1.